The van der Waals surface area contributed by atoms with Gasteiger partial charge in [-0.05, 0) is 32.0 Å². The van der Waals surface area contributed by atoms with Crippen molar-refractivity contribution in [2.45, 2.75) is 39.0 Å². The Kier molecular flexibility index (Phi) is 3.49. The minimum atomic E-state index is -0.253. The van der Waals surface area contributed by atoms with Crippen LogP contribution >= 0.6 is 0 Å². The topological polar surface area (TPSA) is 87.1 Å². The summed E-state index contributed by atoms with van der Waals surface area (Å²) < 4.78 is 2.01. The summed E-state index contributed by atoms with van der Waals surface area (Å²) in [6.45, 7) is 4.08. The van der Waals surface area contributed by atoms with Gasteiger partial charge in [-0.15, -0.1) is 10.2 Å². The van der Waals surface area contributed by atoms with E-state index in [-0.39, 0.29) is 17.5 Å². The number of pyridine rings is 1. The number of hydrogen-bond acceptors (Lipinski definition) is 5. The second-order valence-corrected chi connectivity index (χ2v) is 6.53. The van der Waals surface area contributed by atoms with Crippen molar-refractivity contribution in [3.8, 4) is 0 Å². The third-order valence-electron chi connectivity index (χ3n) is 5.05. The molecule has 2 aromatic heterocycles. The van der Waals surface area contributed by atoms with Gasteiger partial charge in [0.1, 0.15) is 17.7 Å². The number of aromatic nitrogens is 4. The Balaban J connectivity index is 1.58. The van der Waals surface area contributed by atoms with Crippen molar-refractivity contribution in [3.63, 3.8) is 0 Å². The van der Waals surface area contributed by atoms with E-state index in [4.69, 9.17) is 0 Å². The molecule has 126 valence electrons. The first-order chi connectivity index (χ1) is 11.5. The molecule has 1 atom stereocenters. The van der Waals surface area contributed by atoms with Crippen molar-refractivity contribution in [3.05, 3.63) is 45.4 Å². The molecule has 24 heavy (non-hydrogen) atoms. The van der Waals surface area contributed by atoms with Crippen molar-refractivity contribution < 1.29 is 4.79 Å². The molecule has 0 fully saturated rings. The van der Waals surface area contributed by atoms with Gasteiger partial charge in [-0.3, -0.25) is 14.5 Å². The molecule has 2 aliphatic heterocycles. The molecule has 1 unspecified atom stereocenters. The van der Waals surface area contributed by atoms with Crippen molar-refractivity contribution in [2.24, 2.45) is 0 Å². The van der Waals surface area contributed by atoms with Crippen molar-refractivity contribution in [1.82, 2.24) is 29.5 Å². The molecule has 4 rings (SSSR count). The molecule has 0 radical (unpaired) electrons. The third kappa shape index (κ3) is 2.34. The number of H-pyrrole nitrogens is 1. The lowest BCUT2D eigenvalue weighted by atomic mass is 10.0. The van der Waals surface area contributed by atoms with E-state index in [0.717, 1.165) is 23.6 Å². The van der Waals surface area contributed by atoms with E-state index in [1.807, 2.05) is 29.5 Å². The van der Waals surface area contributed by atoms with Crippen molar-refractivity contribution in [2.75, 3.05) is 13.6 Å². The summed E-state index contributed by atoms with van der Waals surface area (Å²) in [5, 5.41) is 8.25. The second kappa shape index (κ2) is 5.55. The molecular weight excluding hydrogens is 308 g/mol. The van der Waals surface area contributed by atoms with Crippen LogP contribution in [-0.2, 0) is 30.8 Å². The molecule has 1 N–H and O–H groups in total. The standard InChI is InChI=1S/C16H20N6O2/c1-10-18-19-14-9-20(2)13(8-22(10)14)16(24)21-6-4-11-3-5-17-15(23)12(11)7-21/h3,5,13H,4,6-9H2,1-2H3,(H,17,23). The molecule has 0 saturated carbocycles. The maximum Gasteiger partial charge on any atom is 0.253 e. The second-order valence-electron chi connectivity index (χ2n) is 6.53. The fourth-order valence-corrected chi connectivity index (χ4v) is 3.57. The third-order valence-corrected chi connectivity index (χ3v) is 5.05. The van der Waals surface area contributed by atoms with E-state index in [0.29, 0.717) is 31.7 Å². The first-order valence-electron chi connectivity index (χ1n) is 8.11. The van der Waals surface area contributed by atoms with Crippen LogP contribution in [0.4, 0.5) is 0 Å². The minimum Gasteiger partial charge on any atom is -0.336 e. The summed E-state index contributed by atoms with van der Waals surface area (Å²) in [5.41, 5.74) is 1.65. The Hall–Kier alpha value is -2.48. The Bertz CT molecular complexity index is 854. The Morgan fingerprint density at radius 2 is 2.17 bits per heavy atom. The summed E-state index contributed by atoms with van der Waals surface area (Å²) >= 11 is 0. The van der Waals surface area contributed by atoms with Gasteiger partial charge in [0.05, 0.1) is 19.6 Å². The molecule has 2 aromatic rings. The predicted octanol–water partition coefficient (Wildman–Crippen LogP) is -0.326. The van der Waals surface area contributed by atoms with Crippen molar-refractivity contribution in [1.29, 1.82) is 0 Å². The van der Waals surface area contributed by atoms with Gasteiger partial charge >= 0.3 is 0 Å². The number of nitrogens with one attached hydrogen (secondary N) is 1. The number of amides is 1. The highest BCUT2D eigenvalue weighted by atomic mass is 16.2. The SMILES string of the molecule is Cc1nnc2n1CC(C(=O)N1CCc3cc[nH]c(=O)c3C1)N(C)C2. The van der Waals surface area contributed by atoms with Gasteiger partial charge < -0.3 is 14.5 Å². The zero-order valence-electron chi connectivity index (χ0n) is 13.8. The summed E-state index contributed by atoms with van der Waals surface area (Å²) in [4.78, 5) is 31.6. The van der Waals surface area contributed by atoms with Gasteiger partial charge in [-0.1, -0.05) is 0 Å². The number of aromatic amines is 1. The van der Waals surface area contributed by atoms with E-state index in [2.05, 4.69) is 15.2 Å². The molecule has 2 aliphatic rings. The lowest BCUT2D eigenvalue weighted by Crippen LogP contribution is -2.53. The van der Waals surface area contributed by atoms with Crippen LogP contribution in [0.5, 0.6) is 0 Å². The van der Waals surface area contributed by atoms with Crippen LogP contribution in [0.3, 0.4) is 0 Å². The summed E-state index contributed by atoms with van der Waals surface area (Å²) in [5.74, 6) is 1.78. The Labute approximate surface area is 139 Å². The fraction of sp³-hybridized carbons (Fsp3) is 0.500. The zero-order chi connectivity index (χ0) is 16.8. The molecule has 8 heteroatoms. The van der Waals surface area contributed by atoms with E-state index >= 15 is 0 Å². The van der Waals surface area contributed by atoms with Gasteiger partial charge in [0.15, 0.2) is 0 Å². The predicted molar refractivity (Wildman–Crippen MR) is 86.2 cm³/mol. The molecule has 0 aliphatic carbocycles. The highest BCUT2D eigenvalue weighted by molar-refractivity contribution is 5.82. The maximum absolute atomic E-state index is 13.0. The maximum atomic E-state index is 13.0. The van der Waals surface area contributed by atoms with Crippen LogP contribution in [0.25, 0.3) is 0 Å². The molecule has 0 bridgehead atoms. The first kappa shape index (κ1) is 15.1. The molecule has 0 saturated heterocycles. The molecule has 4 heterocycles. The normalized spacial score (nSPS) is 20.6. The molecular formula is C16H20N6O2. The molecule has 0 spiro atoms. The number of rotatable bonds is 1. The van der Waals surface area contributed by atoms with E-state index in [9.17, 15) is 9.59 Å². The number of carbonyl (C=O) groups excluding carboxylic acids is 1. The van der Waals surface area contributed by atoms with Crippen molar-refractivity contribution >= 4 is 5.91 Å². The Morgan fingerprint density at radius 1 is 1.33 bits per heavy atom. The number of hydrogen-bond donors (Lipinski definition) is 1. The number of aryl methyl sites for hydroxylation is 1. The van der Waals surface area contributed by atoms with Crippen LogP contribution < -0.4 is 5.56 Å². The highest BCUT2D eigenvalue weighted by Gasteiger charge is 2.35. The van der Waals surface area contributed by atoms with Gasteiger partial charge in [-0.25, -0.2) is 0 Å². The van der Waals surface area contributed by atoms with E-state index in [1.54, 1.807) is 11.1 Å². The average molecular weight is 328 g/mol. The summed E-state index contributed by atoms with van der Waals surface area (Å²) in [6.07, 6.45) is 2.39. The Morgan fingerprint density at radius 3 is 3.00 bits per heavy atom. The minimum absolute atomic E-state index is 0.0603. The average Bonchev–Trinajstić information content (AvgIpc) is 2.94. The van der Waals surface area contributed by atoms with Gasteiger partial charge in [-0.2, -0.15) is 0 Å². The van der Waals surface area contributed by atoms with E-state index in [1.165, 1.54) is 0 Å². The van der Waals surface area contributed by atoms with Gasteiger partial charge in [0.25, 0.3) is 5.56 Å². The van der Waals surface area contributed by atoms with Gasteiger partial charge in [0.2, 0.25) is 5.91 Å². The van der Waals surface area contributed by atoms with Gasteiger partial charge in [0, 0.05) is 18.3 Å². The lowest BCUT2D eigenvalue weighted by molar-refractivity contribution is -0.139. The quantitative estimate of drug-likeness (QED) is 0.775. The zero-order valence-corrected chi connectivity index (χ0v) is 13.8. The number of likely N-dealkylation sites (N-methyl/N-ethyl adjacent to an activating group) is 1. The highest BCUT2D eigenvalue weighted by Crippen LogP contribution is 2.21. The largest absolute Gasteiger partial charge is 0.336 e. The summed E-state index contributed by atoms with van der Waals surface area (Å²) in [7, 11) is 1.93. The number of nitrogens with zero attached hydrogens (tertiary/aromatic N) is 5. The van der Waals surface area contributed by atoms with E-state index < -0.39 is 0 Å². The number of carbonyl (C=O) groups is 1. The molecule has 1 amide bonds. The molecule has 8 nitrogen and oxygen atoms in total. The summed E-state index contributed by atoms with van der Waals surface area (Å²) in [6, 6.07) is 1.68. The van der Waals surface area contributed by atoms with Crippen LogP contribution in [-0.4, -0.2) is 55.1 Å². The number of fused-ring (bicyclic) bond motifs is 2. The fourth-order valence-electron chi connectivity index (χ4n) is 3.57. The van der Waals surface area contributed by atoms with Crippen LogP contribution in [0.2, 0.25) is 0 Å². The van der Waals surface area contributed by atoms with Crippen LogP contribution in [0.15, 0.2) is 17.1 Å². The lowest BCUT2D eigenvalue weighted by Gasteiger charge is -2.37. The smallest absolute Gasteiger partial charge is 0.253 e. The molecule has 0 aromatic carbocycles. The van der Waals surface area contributed by atoms with Crippen LogP contribution in [0.1, 0.15) is 22.8 Å². The first-order valence-corrected chi connectivity index (χ1v) is 8.11. The monoisotopic (exact) mass is 328 g/mol. The van der Waals surface area contributed by atoms with Crippen LogP contribution in [0, 0.1) is 6.92 Å².